The van der Waals surface area contributed by atoms with Gasteiger partial charge in [-0.3, -0.25) is 4.79 Å². The molecule has 0 amide bonds. The number of aliphatic hydroxyl groups excluding tert-OH is 15. The average molecular weight is 1190 g/mol. The number of hydrogen-bond donors (Lipinski definition) is 15. The van der Waals surface area contributed by atoms with Crippen LogP contribution in [0.15, 0.2) is 23.3 Å². The van der Waals surface area contributed by atoms with Crippen LogP contribution < -0.4 is 0 Å². The SMILES string of the molecule is CC(=O)O[C@@H]1[C@@H](O)[C@@H](O)[C@H](O[C@H]2[C@H](OC[C@@H](C)CCC/C(C)=C/CC/C(C)=C/CO[C@@H]3O[C@H](CO)[C@@H](O)[C@H](O[C@@H]4O[C@@H](C)[C@H](O)[C@@H](O)[C@H]4O)[C@H]3O[C@@H]3O[C@@H](C)[C@H](O)[C@@H](O)[C@H]3O)O[C@H](CO)[C@@H](O)[C@@H]2O[C@@H]2O[C@@H](C)[C@H](O)[C@@H](O)[C@H]2O)O[C@H]1C. The maximum Gasteiger partial charge on any atom is 0.303 e. The zero-order valence-electron chi connectivity index (χ0n) is 47.3. The average Bonchev–Trinajstić information content (AvgIpc) is 3.52. The van der Waals surface area contributed by atoms with Crippen LogP contribution in [0.25, 0.3) is 0 Å². The Morgan fingerprint density at radius 3 is 1.26 bits per heavy atom. The van der Waals surface area contributed by atoms with Crippen molar-refractivity contribution in [1.82, 2.24) is 0 Å². The zero-order chi connectivity index (χ0) is 60.6. The lowest BCUT2D eigenvalue weighted by Crippen LogP contribution is -2.67. The molecule has 0 radical (unpaired) electrons. The molecule has 0 aliphatic carbocycles. The Labute approximate surface area is 475 Å². The number of aliphatic hydroxyl groups is 15. The van der Waals surface area contributed by atoms with E-state index >= 15 is 0 Å². The summed E-state index contributed by atoms with van der Waals surface area (Å²) in [6.07, 6.45) is -38.5. The van der Waals surface area contributed by atoms with Gasteiger partial charge in [0.1, 0.15) is 116 Å². The van der Waals surface area contributed by atoms with Crippen molar-refractivity contribution in [3.63, 3.8) is 0 Å². The first-order valence-corrected chi connectivity index (χ1v) is 28.0. The Bertz CT molecular complexity index is 2010. The Morgan fingerprint density at radius 1 is 0.439 bits per heavy atom. The topological polar surface area (TPSA) is 441 Å². The molecule has 6 aliphatic rings. The molecule has 6 aliphatic heterocycles. The van der Waals surface area contributed by atoms with E-state index < -0.39 is 203 Å². The van der Waals surface area contributed by atoms with Crippen molar-refractivity contribution >= 4 is 5.97 Å². The first-order chi connectivity index (χ1) is 38.7. The molecule has 6 heterocycles. The van der Waals surface area contributed by atoms with E-state index in [0.717, 1.165) is 24.5 Å². The number of rotatable bonds is 24. The molecule has 0 spiro atoms. The van der Waals surface area contributed by atoms with Gasteiger partial charge in [0.25, 0.3) is 0 Å². The van der Waals surface area contributed by atoms with E-state index in [2.05, 4.69) is 6.08 Å². The lowest BCUT2D eigenvalue weighted by molar-refractivity contribution is -0.390. The minimum Gasteiger partial charge on any atom is -0.457 e. The van der Waals surface area contributed by atoms with Gasteiger partial charge in [-0.15, -0.1) is 0 Å². The van der Waals surface area contributed by atoms with Crippen molar-refractivity contribution in [3.8, 4) is 0 Å². The molecule has 0 aromatic carbocycles. The number of hydrogen-bond acceptors (Lipinski definition) is 29. The quantitative estimate of drug-likeness (QED) is 0.0318. The van der Waals surface area contributed by atoms with E-state index in [-0.39, 0.29) is 19.1 Å². The molecule has 6 rings (SSSR count). The van der Waals surface area contributed by atoms with Gasteiger partial charge in [0.05, 0.1) is 50.8 Å². The summed E-state index contributed by atoms with van der Waals surface area (Å²) in [6, 6.07) is 0. The van der Waals surface area contributed by atoms with Crippen LogP contribution in [0.3, 0.4) is 0 Å². The first-order valence-electron chi connectivity index (χ1n) is 28.0. The van der Waals surface area contributed by atoms with Gasteiger partial charge in [0.2, 0.25) is 0 Å². The summed E-state index contributed by atoms with van der Waals surface area (Å²) in [5.41, 5.74) is 1.99. The molecular weight excluding hydrogens is 1100 g/mol. The maximum atomic E-state index is 11.8. The van der Waals surface area contributed by atoms with Crippen molar-refractivity contribution in [1.29, 1.82) is 0 Å². The Balaban J connectivity index is 1.05. The maximum absolute atomic E-state index is 11.8. The van der Waals surface area contributed by atoms with Gasteiger partial charge < -0.3 is 138 Å². The monoisotopic (exact) mass is 1190 g/mol. The molecule has 31 atom stereocenters. The summed E-state index contributed by atoms with van der Waals surface area (Å²) in [5.74, 6) is -0.862. The van der Waals surface area contributed by atoms with E-state index in [0.29, 0.717) is 25.7 Å². The van der Waals surface area contributed by atoms with Gasteiger partial charge in [0, 0.05) is 6.92 Å². The summed E-state index contributed by atoms with van der Waals surface area (Å²) in [5, 5.41) is 160. The van der Waals surface area contributed by atoms with Gasteiger partial charge >= 0.3 is 5.97 Å². The molecule has 476 valence electrons. The molecule has 0 unspecified atom stereocenters. The largest absolute Gasteiger partial charge is 0.457 e. The highest BCUT2D eigenvalue weighted by atomic mass is 16.8. The molecule has 0 bridgehead atoms. The van der Waals surface area contributed by atoms with Gasteiger partial charge in [-0.25, -0.2) is 0 Å². The van der Waals surface area contributed by atoms with Crippen LogP contribution in [0.4, 0.5) is 0 Å². The third kappa shape index (κ3) is 16.9. The predicted octanol–water partition coefficient (Wildman–Crippen LogP) is -4.92. The minimum atomic E-state index is -1.82. The summed E-state index contributed by atoms with van der Waals surface area (Å²) in [4.78, 5) is 11.8. The Morgan fingerprint density at radius 2 is 0.829 bits per heavy atom. The predicted molar refractivity (Wildman–Crippen MR) is 274 cm³/mol. The van der Waals surface area contributed by atoms with Crippen LogP contribution >= 0.6 is 0 Å². The van der Waals surface area contributed by atoms with Crippen molar-refractivity contribution in [3.05, 3.63) is 23.3 Å². The van der Waals surface area contributed by atoms with E-state index in [9.17, 15) is 81.4 Å². The van der Waals surface area contributed by atoms with E-state index in [1.54, 1.807) is 6.08 Å². The second kappa shape index (κ2) is 31.2. The lowest BCUT2D eigenvalue weighted by atomic mass is 9.96. The fourth-order valence-corrected chi connectivity index (χ4v) is 10.5. The molecular formula is C53H90O29. The number of carbonyl (C=O) groups excluding carboxylic acids is 1. The fourth-order valence-electron chi connectivity index (χ4n) is 10.5. The van der Waals surface area contributed by atoms with E-state index in [1.807, 2.05) is 20.8 Å². The van der Waals surface area contributed by atoms with E-state index in [1.165, 1.54) is 27.7 Å². The van der Waals surface area contributed by atoms with Gasteiger partial charge in [-0.05, 0) is 79.6 Å². The van der Waals surface area contributed by atoms with Gasteiger partial charge in [0.15, 0.2) is 43.8 Å². The van der Waals surface area contributed by atoms with Crippen molar-refractivity contribution in [2.45, 2.75) is 272 Å². The van der Waals surface area contributed by atoms with Crippen LogP contribution in [0.1, 0.15) is 87.5 Å². The third-order valence-corrected chi connectivity index (χ3v) is 15.8. The summed E-state index contributed by atoms with van der Waals surface area (Å²) in [7, 11) is 0. The highest BCUT2D eigenvalue weighted by Gasteiger charge is 2.57. The second-order valence-corrected chi connectivity index (χ2v) is 22.4. The smallest absolute Gasteiger partial charge is 0.303 e. The molecule has 29 nitrogen and oxygen atoms in total. The molecule has 15 N–H and O–H groups in total. The standard InChI is InChI=1S/C53H90O29/c1-20(11-9-13-21(2)15-16-70-52-46(81-50-41(68)37(64)32(59)25(6)74-50)44(33(60)28(17-54)77-52)79-48-39(66)35(62)30(57)23(4)72-48)12-10-14-22(3)19-71-53-47(82-51-42(69)38(65)43(26(7)75-51)76-27(8)56)45(34(61)29(18-55)78-53)80-49-40(67)36(63)31(58)24(5)73-49/h11,15,22-26,28-55,57-69H,9-10,12-14,16-19H2,1-8H3/b20-11+,21-15+/t22-,23-,24-,25-,26-,28+,29+,30-,31-,32-,33+,34+,35+,36+,37+,38-,39+,40+,41+,42+,43-,44-,45-,46+,47+,48-,49-,50-,51-,52+,53+/m0/s1. The molecule has 6 saturated heterocycles. The van der Waals surface area contributed by atoms with Crippen LogP contribution in [-0.4, -0.2) is 293 Å². The van der Waals surface area contributed by atoms with Crippen molar-refractivity contribution in [2.75, 3.05) is 26.4 Å². The van der Waals surface area contributed by atoms with Gasteiger partial charge in [-0.2, -0.15) is 0 Å². The van der Waals surface area contributed by atoms with Crippen molar-refractivity contribution in [2.24, 2.45) is 5.92 Å². The van der Waals surface area contributed by atoms with E-state index in [4.69, 9.17) is 61.6 Å². The van der Waals surface area contributed by atoms with Crippen LogP contribution in [0, 0.1) is 5.92 Å². The zero-order valence-corrected chi connectivity index (χ0v) is 47.3. The summed E-state index contributed by atoms with van der Waals surface area (Å²) >= 11 is 0. The Hall–Kier alpha value is -2.13. The number of ether oxygens (including phenoxy) is 13. The normalized spacial score (nSPS) is 46.6. The van der Waals surface area contributed by atoms with Crippen molar-refractivity contribution < 1.29 is 143 Å². The van der Waals surface area contributed by atoms with Crippen LogP contribution in [0.2, 0.25) is 0 Å². The highest BCUT2D eigenvalue weighted by molar-refractivity contribution is 5.66. The van der Waals surface area contributed by atoms with Crippen LogP contribution in [0.5, 0.6) is 0 Å². The lowest BCUT2D eigenvalue weighted by Gasteiger charge is -2.49. The second-order valence-electron chi connectivity index (χ2n) is 22.4. The molecule has 82 heavy (non-hydrogen) atoms. The summed E-state index contributed by atoms with van der Waals surface area (Å²) < 4.78 is 76.5. The first kappa shape index (κ1) is 69.0. The number of allylic oxidation sites excluding steroid dienone is 3. The highest BCUT2D eigenvalue weighted by Crippen LogP contribution is 2.37. The fraction of sp³-hybridized carbons (Fsp3) is 0.906. The molecule has 0 aromatic heterocycles. The number of carbonyl (C=O) groups is 1. The number of esters is 1. The minimum absolute atomic E-state index is 0.0371. The third-order valence-electron chi connectivity index (χ3n) is 15.8. The van der Waals surface area contributed by atoms with Gasteiger partial charge in [-0.1, -0.05) is 30.2 Å². The molecule has 0 aromatic rings. The molecule has 0 saturated carbocycles. The van der Waals surface area contributed by atoms with Crippen LogP contribution in [-0.2, 0) is 66.4 Å². The molecule has 6 fully saturated rings. The molecule has 29 heteroatoms. The summed E-state index contributed by atoms with van der Waals surface area (Å²) in [6.45, 7) is 11.1. The Kier molecular flexibility index (Phi) is 26.2.